The Labute approximate surface area is 198 Å². The van der Waals surface area contributed by atoms with Gasteiger partial charge in [-0.05, 0) is 54.4 Å². The highest BCUT2D eigenvalue weighted by Gasteiger charge is 2.33. The average molecular weight is 481 g/mol. The number of benzene rings is 3. The third kappa shape index (κ3) is 5.11. The zero-order valence-corrected chi connectivity index (χ0v) is 18.9. The summed E-state index contributed by atoms with van der Waals surface area (Å²) in [6.07, 6.45) is -4.52. The molecule has 4 aromatic rings. The van der Waals surface area contributed by atoms with E-state index in [4.69, 9.17) is 5.73 Å². The summed E-state index contributed by atoms with van der Waals surface area (Å²) in [4.78, 5) is 27.7. The maximum absolute atomic E-state index is 13.6. The number of hydrogen-bond donors (Lipinski definition) is 3. The highest BCUT2D eigenvalue weighted by molar-refractivity contribution is 5.97. The number of fused-ring (bicyclic) bond motifs is 1. The number of nitrogens with two attached hydrogens (primary N) is 1. The number of carbonyl (C=O) groups excluding carboxylic acids is 2. The molecule has 180 valence electrons. The van der Waals surface area contributed by atoms with Crippen molar-refractivity contribution in [2.75, 3.05) is 10.6 Å². The van der Waals surface area contributed by atoms with Crippen LogP contribution in [0.4, 0.5) is 30.5 Å². The van der Waals surface area contributed by atoms with Gasteiger partial charge in [0.15, 0.2) is 0 Å². The molecule has 0 bridgehead atoms. The van der Waals surface area contributed by atoms with Crippen molar-refractivity contribution in [3.8, 4) is 0 Å². The minimum absolute atomic E-state index is 0.0594. The summed E-state index contributed by atoms with van der Waals surface area (Å²) in [5.74, 6) is -0.617. The number of nitrogens with one attached hydrogen (secondary N) is 2. The van der Waals surface area contributed by atoms with Crippen molar-refractivity contribution in [2.24, 2.45) is 5.73 Å². The van der Waals surface area contributed by atoms with E-state index < -0.39 is 17.6 Å². The van der Waals surface area contributed by atoms with Crippen LogP contribution in [0.25, 0.3) is 11.0 Å². The first kappa shape index (κ1) is 23.8. The normalized spacial score (nSPS) is 11.5. The number of alkyl halides is 3. The van der Waals surface area contributed by atoms with Gasteiger partial charge >= 0.3 is 6.18 Å². The zero-order chi connectivity index (χ0) is 25.3. The average Bonchev–Trinajstić information content (AvgIpc) is 3.11. The van der Waals surface area contributed by atoms with E-state index in [1.807, 2.05) is 6.92 Å². The Morgan fingerprint density at radius 1 is 1.06 bits per heavy atom. The molecule has 0 aliphatic carbocycles. The number of primary amides is 1. The van der Waals surface area contributed by atoms with Crippen molar-refractivity contribution in [3.63, 3.8) is 0 Å². The molecule has 1 aromatic heterocycles. The van der Waals surface area contributed by atoms with Crippen LogP contribution in [0.3, 0.4) is 0 Å². The second-order valence-electron chi connectivity index (χ2n) is 8.08. The lowest BCUT2D eigenvalue weighted by Crippen LogP contribution is -2.13. The van der Waals surface area contributed by atoms with Crippen LogP contribution < -0.4 is 16.4 Å². The van der Waals surface area contributed by atoms with E-state index in [2.05, 4.69) is 15.6 Å². The standard InChI is InChI=1S/C25H22F3N5O2/c1-14-7-9-18(12-20(14)30-15(2)34)31-24-32-21-11-16(23(29)35)8-10-22(21)33(24)13-17-5-3-4-6-19(17)25(26,27)28/h3-12H,13H2,1-2H3,(H2,29,35)(H,30,34)(H,31,32). The van der Waals surface area contributed by atoms with Gasteiger partial charge in [-0.25, -0.2) is 4.98 Å². The summed E-state index contributed by atoms with van der Waals surface area (Å²) in [6.45, 7) is 3.10. The number of rotatable bonds is 6. The topological polar surface area (TPSA) is 102 Å². The molecule has 0 spiro atoms. The first-order valence-corrected chi connectivity index (χ1v) is 10.6. The van der Waals surface area contributed by atoms with Crippen LogP contribution in [0.15, 0.2) is 60.7 Å². The van der Waals surface area contributed by atoms with Crippen molar-refractivity contribution >= 4 is 40.2 Å². The molecule has 1 heterocycles. The number of carbonyl (C=O) groups is 2. The molecule has 0 aliphatic heterocycles. The van der Waals surface area contributed by atoms with Crippen molar-refractivity contribution in [2.45, 2.75) is 26.6 Å². The molecule has 10 heteroatoms. The van der Waals surface area contributed by atoms with E-state index in [9.17, 15) is 22.8 Å². The fourth-order valence-electron chi connectivity index (χ4n) is 3.80. The quantitative estimate of drug-likeness (QED) is 0.352. The Morgan fingerprint density at radius 2 is 1.80 bits per heavy atom. The van der Waals surface area contributed by atoms with E-state index >= 15 is 0 Å². The van der Waals surface area contributed by atoms with Gasteiger partial charge in [0.05, 0.1) is 23.1 Å². The van der Waals surface area contributed by atoms with Crippen LogP contribution in [0.2, 0.25) is 0 Å². The number of anilines is 3. The Hall–Kier alpha value is -4.34. The van der Waals surface area contributed by atoms with Gasteiger partial charge in [-0.2, -0.15) is 13.2 Å². The molecule has 4 N–H and O–H groups in total. The van der Waals surface area contributed by atoms with Crippen LogP contribution in [0.1, 0.15) is 34.0 Å². The third-order valence-corrected chi connectivity index (χ3v) is 5.49. The van der Waals surface area contributed by atoms with Crippen LogP contribution in [0, 0.1) is 6.92 Å². The molecule has 35 heavy (non-hydrogen) atoms. The second kappa shape index (κ2) is 9.13. The molecular formula is C25H22F3N5O2. The lowest BCUT2D eigenvalue weighted by Gasteiger charge is -2.16. The molecule has 0 atom stereocenters. The van der Waals surface area contributed by atoms with Gasteiger partial charge in [0.25, 0.3) is 0 Å². The maximum Gasteiger partial charge on any atom is 0.416 e. The third-order valence-electron chi connectivity index (χ3n) is 5.49. The zero-order valence-electron chi connectivity index (χ0n) is 18.9. The number of nitrogens with zero attached hydrogens (tertiary/aromatic N) is 2. The van der Waals surface area contributed by atoms with Gasteiger partial charge in [-0.15, -0.1) is 0 Å². The van der Waals surface area contributed by atoms with Crippen LogP contribution in [-0.2, 0) is 17.5 Å². The van der Waals surface area contributed by atoms with E-state index in [1.54, 1.807) is 34.9 Å². The molecular weight excluding hydrogens is 459 g/mol. The Kier molecular flexibility index (Phi) is 6.21. The second-order valence-corrected chi connectivity index (χ2v) is 8.08. The molecule has 0 aliphatic rings. The number of aryl methyl sites for hydroxylation is 1. The monoisotopic (exact) mass is 481 g/mol. The summed E-state index contributed by atoms with van der Waals surface area (Å²) in [5.41, 5.74) is 7.83. The molecule has 7 nitrogen and oxygen atoms in total. The number of aromatic nitrogens is 2. The van der Waals surface area contributed by atoms with Crippen LogP contribution in [-0.4, -0.2) is 21.4 Å². The van der Waals surface area contributed by atoms with Crippen molar-refractivity contribution in [3.05, 3.63) is 82.9 Å². The minimum atomic E-state index is -4.52. The van der Waals surface area contributed by atoms with E-state index in [0.29, 0.717) is 22.4 Å². The Bertz CT molecular complexity index is 1440. The van der Waals surface area contributed by atoms with Gasteiger partial charge in [-0.1, -0.05) is 24.3 Å². The Morgan fingerprint density at radius 3 is 2.49 bits per heavy atom. The van der Waals surface area contributed by atoms with E-state index in [1.165, 1.54) is 31.2 Å². The van der Waals surface area contributed by atoms with Gasteiger partial charge < -0.3 is 20.9 Å². The number of halogens is 3. The highest BCUT2D eigenvalue weighted by Crippen LogP contribution is 2.34. The maximum atomic E-state index is 13.6. The molecule has 3 aromatic carbocycles. The predicted molar refractivity (Wildman–Crippen MR) is 128 cm³/mol. The largest absolute Gasteiger partial charge is 0.416 e. The molecule has 0 unspecified atom stereocenters. The highest BCUT2D eigenvalue weighted by atomic mass is 19.4. The van der Waals surface area contributed by atoms with Gasteiger partial charge in [0.1, 0.15) is 0 Å². The summed E-state index contributed by atoms with van der Waals surface area (Å²) in [6, 6.07) is 15.2. The predicted octanol–water partition coefficient (Wildman–Crippen LogP) is 5.21. The molecule has 0 saturated carbocycles. The number of hydrogen-bond acceptors (Lipinski definition) is 4. The molecule has 0 saturated heterocycles. The summed E-state index contributed by atoms with van der Waals surface area (Å²) in [7, 11) is 0. The first-order chi connectivity index (χ1) is 16.5. The first-order valence-electron chi connectivity index (χ1n) is 10.6. The summed E-state index contributed by atoms with van der Waals surface area (Å²) < 4.78 is 42.5. The van der Waals surface area contributed by atoms with Crippen molar-refractivity contribution in [1.29, 1.82) is 0 Å². The molecule has 0 fully saturated rings. The summed E-state index contributed by atoms with van der Waals surface area (Å²) >= 11 is 0. The Balaban J connectivity index is 1.83. The molecule has 2 amide bonds. The molecule has 4 rings (SSSR count). The van der Waals surface area contributed by atoms with Crippen molar-refractivity contribution < 1.29 is 22.8 Å². The fraction of sp³-hybridized carbons (Fsp3) is 0.160. The van der Waals surface area contributed by atoms with Crippen LogP contribution in [0.5, 0.6) is 0 Å². The van der Waals surface area contributed by atoms with Crippen LogP contribution >= 0.6 is 0 Å². The lowest BCUT2D eigenvalue weighted by atomic mass is 10.1. The lowest BCUT2D eigenvalue weighted by molar-refractivity contribution is -0.138. The van der Waals surface area contributed by atoms with Gasteiger partial charge in [0.2, 0.25) is 17.8 Å². The smallest absolute Gasteiger partial charge is 0.366 e. The van der Waals surface area contributed by atoms with E-state index in [-0.39, 0.29) is 29.5 Å². The SMILES string of the molecule is CC(=O)Nc1cc(Nc2nc3cc(C(N)=O)ccc3n2Cc2ccccc2C(F)(F)F)ccc1C. The number of amides is 2. The number of imidazole rings is 1. The van der Waals surface area contributed by atoms with Gasteiger partial charge in [-0.3, -0.25) is 9.59 Å². The minimum Gasteiger partial charge on any atom is -0.366 e. The van der Waals surface area contributed by atoms with Crippen molar-refractivity contribution in [1.82, 2.24) is 9.55 Å². The van der Waals surface area contributed by atoms with E-state index in [0.717, 1.165) is 11.6 Å². The van der Waals surface area contributed by atoms with Gasteiger partial charge in [0, 0.05) is 23.9 Å². The molecule has 0 radical (unpaired) electrons. The fourth-order valence-corrected chi connectivity index (χ4v) is 3.80. The summed E-state index contributed by atoms with van der Waals surface area (Å²) in [5, 5.41) is 5.87.